The zero-order valence-corrected chi connectivity index (χ0v) is 16.2. The molecule has 2 aliphatic rings. The Morgan fingerprint density at radius 2 is 2.00 bits per heavy atom. The minimum atomic E-state index is 0.0673. The number of morpholine rings is 1. The van der Waals surface area contributed by atoms with Crippen LogP contribution in [-0.2, 0) is 11.3 Å². The molecule has 1 aliphatic carbocycles. The highest BCUT2D eigenvalue weighted by Crippen LogP contribution is 2.32. The van der Waals surface area contributed by atoms with Crippen molar-refractivity contribution in [3.63, 3.8) is 0 Å². The fourth-order valence-corrected chi connectivity index (χ4v) is 4.30. The van der Waals surface area contributed by atoms with E-state index in [2.05, 4.69) is 38.3 Å². The highest BCUT2D eigenvalue weighted by Gasteiger charge is 2.25. The molecule has 1 saturated heterocycles. The van der Waals surface area contributed by atoms with E-state index in [1.165, 1.54) is 32.1 Å². The molecule has 0 radical (unpaired) electrons. The van der Waals surface area contributed by atoms with Gasteiger partial charge in [-0.1, -0.05) is 37.3 Å². The van der Waals surface area contributed by atoms with Crippen LogP contribution < -0.4 is 0 Å². The minimum Gasteiger partial charge on any atom is -0.379 e. The molecule has 1 aliphatic heterocycles. The Hall–Kier alpha value is -1.86. The monoisotopic (exact) mass is 370 g/mol. The molecule has 7 nitrogen and oxygen atoms in total. The van der Waals surface area contributed by atoms with Crippen molar-refractivity contribution in [1.82, 2.24) is 29.9 Å². The Morgan fingerprint density at radius 1 is 1.19 bits per heavy atom. The highest BCUT2D eigenvalue weighted by molar-refractivity contribution is 5.02. The summed E-state index contributed by atoms with van der Waals surface area (Å²) in [6.07, 6.45) is 13.4. The van der Waals surface area contributed by atoms with Gasteiger partial charge >= 0.3 is 0 Å². The molecule has 2 aromatic rings. The van der Waals surface area contributed by atoms with Crippen molar-refractivity contribution in [2.24, 2.45) is 5.92 Å². The molecule has 1 saturated carbocycles. The standard InChI is InChI=1S/C20H30N6O/c1-16-15-27-11-10-25(16)13-18-14-26(24-23-18)19(20-21-8-5-9-22-20)12-17-6-3-2-4-7-17/h5,8-9,14,16-17,19H,2-4,6-7,10-13,15H2,1H3/t16-,19?/m1/s1. The molecule has 0 aromatic carbocycles. The number of hydrogen-bond donors (Lipinski definition) is 0. The quantitative estimate of drug-likeness (QED) is 0.779. The molecule has 1 unspecified atom stereocenters. The van der Waals surface area contributed by atoms with Gasteiger partial charge < -0.3 is 4.74 Å². The number of ether oxygens (including phenoxy) is 1. The van der Waals surface area contributed by atoms with E-state index < -0.39 is 0 Å². The molecule has 4 rings (SSSR count). The molecule has 2 atom stereocenters. The first kappa shape index (κ1) is 18.5. The predicted octanol–water partition coefficient (Wildman–Crippen LogP) is 2.85. The van der Waals surface area contributed by atoms with Crippen molar-refractivity contribution in [2.45, 2.75) is 64.1 Å². The summed E-state index contributed by atoms with van der Waals surface area (Å²) in [5.41, 5.74) is 1.01. The lowest BCUT2D eigenvalue weighted by atomic mass is 9.84. The van der Waals surface area contributed by atoms with Gasteiger partial charge in [0.15, 0.2) is 5.82 Å². The van der Waals surface area contributed by atoms with Crippen molar-refractivity contribution in [2.75, 3.05) is 19.8 Å². The van der Waals surface area contributed by atoms with Crippen LogP contribution in [0.15, 0.2) is 24.7 Å². The summed E-state index contributed by atoms with van der Waals surface area (Å²) in [7, 11) is 0. The van der Waals surface area contributed by atoms with Crippen LogP contribution in [0.1, 0.15) is 63.0 Å². The summed E-state index contributed by atoms with van der Waals surface area (Å²) in [5.74, 6) is 1.57. The first-order valence-corrected chi connectivity index (χ1v) is 10.3. The Bertz CT molecular complexity index is 700. The van der Waals surface area contributed by atoms with Gasteiger partial charge in [-0.05, 0) is 25.3 Å². The third-order valence-corrected chi connectivity index (χ3v) is 5.91. The van der Waals surface area contributed by atoms with Crippen LogP contribution in [0.3, 0.4) is 0 Å². The Balaban J connectivity index is 1.50. The summed E-state index contributed by atoms with van der Waals surface area (Å²) in [4.78, 5) is 11.5. The lowest BCUT2D eigenvalue weighted by Gasteiger charge is -2.32. The Kier molecular flexibility index (Phi) is 6.09. The van der Waals surface area contributed by atoms with E-state index in [-0.39, 0.29) is 6.04 Å². The van der Waals surface area contributed by atoms with Gasteiger partial charge in [0, 0.05) is 31.5 Å². The van der Waals surface area contributed by atoms with Crippen LogP contribution in [0, 0.1) is 5.92 Å². The molecule has 0 amide bonds. The van der Waals surface area contributed by atoms with Crippen LogP contribution in [0.2, 0.25) is 0 Å². The fourth-order valence-electron chi connectivity index (χ4n) is 4.30. The number of hydrogen-bond acceptors (Lipinski definition) is 6. The smallest absolute Gasteiger partial charge is 0.152 e. The largest absolute Gasteiger partial charge is 0.379 e. The second kappa shape index (κ2) is 8.89. The highest BCUT2D eigenvalue weighted by atomic mass is 16.5. The van der Waals surface area contributed by atoms with Gasteiger partial charge in [-0.2, -0.15) is 0 Å². The summed E-state index contributed by atoms with van der Waals surface area (Å²) in [6.45, 7) is 5.54. The van der Waals surface area contributed by atoms with Gasteiger partial charge in [0.05, 0.1) is 25.1 Å². The van der Waals surface area contributed by atoms with E-state index in [4.69, 9.17) is 4.74 Å². The van der Waals surface area contributed by atoms with Crippen LogP contribution in [0.25, 0.3) is 0 Å². The van der Waals surface area contributed by atoms with Crippen LogP contribution in [0.4, 0.5) is 0 Å². The van der Waals surface area contributed by atoms with E-state index in [0.29, 0.717) is 6.04 Å². The maximum absolute atomic E-state index is 5.54. The van der Waals surface area contributed by atoms with Crippen molar-refractivity contribution >= 4 is 0 Å². The molecule has 27 heavy (non-hydrogen) atoms. The average Bonchev–Trinajstić information content (AvgIpc) is 3.18. The lowest BCUT2D eigenvalue weighted by Crippen LogP contribution is -2.43. The molecule has 0 spiro atoms. The molecule has 2 fully saturated rings. The third kappa shape index (κ3) is 4.71. The van der Waals surface area contributed by atoms with E-state index in [1.807, 2.05) is 23.1 Å². The molecule has 7 heteroatoms. The predicted molar refractivity (Wildman–Crippen MR) is 102 cm³/mol. The SMILES string of the molecule is C[C@@H]1COCCN1Cc1cn(C(CC2CCCCC2)c2ncccn2)nn1. The van der Waals surface area contributed by atoms with Crippen LogP contribution >= 0.6 is 0 Å². The van der Waals surface area contributed by atoms with Crippen molar-refractivity contribution < 1.29 is 4.74 Å². The summed E-state index contributed by atoms with van der Waals surface area (Å²) >= 11 is 0. The molecular formula is C20H30N6O. The van der Waals surface area contributed by atoms with Crippen LogP contribution in [-0.4, -0.2) is 55.7 Å². The second-order valence-corrected chi connectivity index (χ2v) is 7.95. The zero-order chi connectivity index (χ0) is 18.5. The van der Waals surface area contributed by atoms with E-state index in [0.717, 1.165) is 50.2 Å². The first-order valence-electron chi connectivity index (χ1n) is 10.3. The summed E-state index contributed by atoms with van der Waals surface area (Å²) in [6, 6.07) is 2.35. The van der Waals surface area contributed by atoms with Crippen molar-refractivity contribution in [3.05, 3.63) is 36.2 Å². The topological polar surface area (TPSA) is 69.0 Å². The van der Waals surface area contributed by atoms with Gasteiger partial charge in [-0.3, -0.25) is 4.90 Å². The summed E-state index contributed by atoms with van der Waals surface area (Å²) in [5, 5.41) is 8.94. The molecule has 0 N–H and O–H groups in total. The van der Waals surface area contributed by atoms with E-state index in [1.54, 1.807) is 0 Å². The van der Waals surface area contributed by atoms with Gasteiger partial charge in [-0.25, -0.2) is 14.6 Å². The average molecular weight is 371 g/mol. The maximum atomic E-state index is 5.54. The minimum absolute atomic E-state index is 0.0673. The number of aromatic nitrogens is 5. The number of rotatable bonds is 6. The normalized spacial score (nSPS) is 23.4. The Morgan fingerprint density at radius 3 is 2.78 bits per heavy atom. The van der Waals surface area contributed by atoms with Crippen molar-refractivity contribution in [1.29, 1.82) is 0 Å². The third-order valence-electron chi connectivity index (χ3n) is 5.91. The van der Waals surface area contributed by atoms with E-state index in [9.17, 15) is 0 Å². The van der Waals surface area contributed by atoms with Gasteiger partial charge in [0.25, 0.3) is 0 Å². The zero-order valence-electron chi connectivity index (χ0n) is 16.2. The number of nitrogens with zero attached hydrogens (tertiary/aromatic N) is 6. The van der Waals surface area contributed by atoms with Gasteiger partial charge in [-0.15, -0.1) is 5.10 Å². The first-order chi connectivity index (χ1) is 13.3. The van der Waals surface area contributed by atoms with Crippen LogP contribution in [0.5, 0.6) is 0 Å². The second-order valence-electron chi connectivity index (χ2n) is 7.95. The van der Waals surface area contributed by atoms with Crippen molar-refractivity contribution in [3.8, 4) is 0 Å². The molecule has 0 bridgehead atoms. The lowest BCUT2D eigenvalue weighted by molar-refractivity contribution is -0.00492. The van der Waals surface area contributed by atoms with E-state index >= 15 is 0 Å². The molecule has 146 valence electrons. The maximum Gasteiger partial charge on any atom is 0.152 e. The molecule has 2 aromatic heterocycles. The molecular weight excluding hydrogens is 340 g/mol. The molecule has 3 heterocycles. The van der Waals surface area contributed by atoms with Gasteiger partial charge in [0.1, 0.15) is 6.04 Å². The van der Waals surface area contributed by atoms with Gasteiger partial charge in [0.2, 0.25) is 0 Å². The summed E-state index contributed by atoms with van der Waals surface area (Å²) < 4.78 is 7.53. The Labute approximate surface area is 161 Å². The fraction of sp³-hybridized carbons (Fsp3) is 0.700.